The Labute approximate surface area is 186 Å². The average molecular weight is 466 g/mol. The Bertz CT molecular complexity index is 623. The van der Waals surface area contributed by atoms with Crippen LogP contribution in [0, 0.1) is 11.8 Å². The van der Waals surface area contributed by atoms with Crippen LogP contribution in [0.3, 0.4) is 0 Å². The van der Waals surface area contributed by atoms with Gasteiger partial charge in [-0.2, -0.15) is 0 Å². The fourth-order valence-corrected chi connectivity index (χ4v) is 5.85. The van der Waals surface area contributed by atoms with Crippen LogP contribution in [0.5, 0.6) is 0 Å². The standard InChI is InChI=1S/C21H36O11/c1-29-15-3-8(2-12(24)17(15)26)20-16(32-21-19(28)18(27)13(25)7-30-21)6-10-11(23)4-9(22)5-14(10)31-20/h8-28H,2-7H2,1H3/p+1/t8?,9?,10?,11?,12?,13-,14?,15?,16?,17?,18-,19+,20?,21+/m1/s1. The zero-order valence-electron chi connectivity index (χ0n) is 18.1. The van der Waals surface area contributed by atoms with Crippen molar-refractivity contribution in [2.24, 2.45) is 11.8 Å². The van der Waals surface area contributed by atoms with Gasteiger partial charge in [-0.1, -0.05) is 0 Å². The molecule has 0 bridgehead atoms. The van der Waals surface area contributed by atoms with Gasteiger partial charge in [-0.15, -0.1) is 0 Å². The van der Waals surface area contributed by atoms with Gasteiger partial charge in [0.25, 0.3) is 0 Å². The van der Waals surface area contributed by atoms with E-state index in [2.05, 4.69) is 0 Å². The number of methoxy groups -OCH3 is 1. The van der Waals surface area contributed by atoms with Crippen LogP contribution in [0.15, 0.2) is 0 Å². The predicted octanol–water partition coefficient (Wildman–Crippen LogP) is -3.24. The second kappa shape index (κ2) is 10.0. The van der Waals surface area contributed by atoms with Crippen LogP contribution in [-0.2, 0) is 14.2 Å². The van der Waals surface area contributed by atoms with Crippen molar-refractivity contribution in [1.82, 2.24) is 0 Å². The molecule has 2 aliphatic carbocycles. The van der Waals surface area contributed by atoms with Gasteiger partial charge in [0.15, 0.2) is 18.5 Å². The Morgan fingerprint density at radius 3 is 2.22 bits per heavy atom. The lowest BCUT2D eigenvalue weighted by Crippen LogP contribution is -2.62. The third kappa shape index (κ3) is 4.84. The molecule has 0 amide bonds. The molecule has 11 nitrogen and oxygen atoms in total. The minimum absolute atomic E-state index is 0.196. The van der Waals surface area contributed by atoms with Crippen molar-refractivity contribution in [3.05, 3.63) is 0 Å². The lowest BCUT2D eigenvalue weighted by atomic mass is 9.72. The van der Waals surface area contributed by atoms with Crippen LogP contribution >= 0.6 is 0 Å². The molecule has 0 spiro atoms. The second-order valence-corrected chi connectivity index (χ2v) is 9.79. The first-order valence-electron chi connectivity index (χ1n) is 11.5. The van der Waals surface area contributed by atoms with E-state index in [4.69, 9.17) is 18.9 Å². The summed E-state index contributed by atoms with van der Waals surface area (Å²) < 4.78 is 21.8. The molecule has 2 aliphatic heterocycles. The summed E-state index contributed by atoms with van der Waals surface area (Å²) in [5.41, 5.74) is 0. The van der Waals surface area contributed by atoms with Crippen molar-refractivity contribution in [2.75, 3.05) is 13.7 Å². The number of rotatable bonds is 4. The minimum Gasteiger partial charge on any atom is -0.427 e. The lowest BCUT2D eigenvalue weighted by molar-refractivity contribution is -0.346. The van der Waals surface area contributed by atoms with Crippen LogP contribution < -0.4 is 0 Å². The SMILES string of the molecule is COC1CC(C2[OH+]C3CC(O)CC(O)C3CC2O[C@@H]2OC[C@@H](O)[C@@H](O)[C@@H]2O)CC(O)C1O. The molecular weight excluding hydrogens is 428 g/mol. The Kier molecular flexibility index (Phi) is 7.75. The zero-order valence-corrected chi connectivity index (χ0v) is 18.1. The summed E-state index contributed by atoms with van der Waals surface area (Å²) in [5.74, 6) is -0.454. The molecule has 0 aromatic carbocycles. The van der Waals surface area contributed by atoms with Gasteiger partial charge in [-0.25, -0.2) is 0 Å². The molecule has 4 fully saturated rings. The van der Waals surface area contributed by atoms with E-state index >= 15 is 0 Å². The van der Waals surface area contributed by atoms with E-state index in [-0.39, 0.29) is 37.4 Å². The van der Waals surface area contributed by atoms with E-state index in [1.807, 2.05) is 0 Å². The molecule has 32 heavy (non-hydrogen) atoms. The van der Waals surface area contributed by atoms with E-state index in [1.54, 1.807) is 0 Å². The van der Waals surface area contributed by atoms with Crippen LogP contribution in [0.25, 0.3) is 0 Å². The van der Waals surface area contributed by atoms with E-state index in [0.29, 0.717) is 19.3 Å². The fraction of sp³-hybridized carbons (Fsp3) is 1.00. The van der Waals surface area contributed by atoms with Crippen molar-refractivity contribution in [2.45, 2.75) is 106 Å². The molecule has 2 saturated carbocycles. The first-order valence-corrected chi connectivity index (χ1v) is 11.5. The van der Waals surface area contributed by atoms with Gasteiger partial charge in [-0.3, -0.25) is 0 Å². The fourth-order valence-electron chi connectivity index (χ4n) is 5.85. The molecule has 0 radical (unpaired) electrons. The molecule has 2 heterocycles. The number of fused-ring (bicyclic) bond motifs is 1. The highest BCUT2D eigenvalue weighted by molar-refractivity contribution is 4.99. The Balaban J connectivity index is 1.55. The van der Waals surface area contributed by atoms with Gasteiger partial charge >= 0.3 is 0 Å². The average Bonchev–Trinajstić information content (AvgIpc) is 2.75. The molecule has 0 aromatic rings. The Morgan fingerprint density at radius 1 is 0.750 bits per heavy atom. The maximum atomic E-state index is 10.6. The van der Waals surface area contributed by atoms with E-state index in [0.717, 1.165) is 0 Å². The third-order valence-corrected chi connectivity index (χ3v) is 7.67. The van der Waals surface area contributed by atoms with Crippen LogP contribution in [0.4, 0.5) is 0 Å². The number of ether oxygens (including phenoxy) is 4. The highest BCUT2D eigenvalue weighted by Crippen LogP contribution is 2.42. The molecule has 2 saturated heterocycles. The summed E-state index contributed by atoms with van der Waals surface area (Å²) in [7, 11) is 1.47. The van der Waals surface area contributed by atoms with Gasteiger partial charge in [0.2, 0.25) is 0 Å². The monoisotopic (exact) mass is 465 g/mol. The Morgan fingerprint density at radius 2 is 1.50 bits per heavy atom. The van der Waals surface area contributed by atoms with Gasteiger partial charge in [0, 0.05) is 25.9 Å². The molecule has 8 N–H and O–H groups in total. The molecule has 4 rings (SSSR count). The molecule has 14 atom stereocenters. The van der Waals surface area contributed by atoms with E-state index in [9.17, 15) is 35.7 Å². The third-order valence-electron chi connectivity index (χ3n) is 7.67. The molecular formula is C21H37O11+. The summed E-state index contributed by atoms with van der Waals surface area (Å²) in [6.45, 7) is -0.196. The summed E-state index contributed by atoms with van der Waals surface area (Å²) in [6, 6.07) is 0. The highest BCUT2D eigenvalue weighted by atomic mass is 16.7. The van der Waals surface area contributed by atoms with Crippen molar-refractivity contribution in [3.63, 3.8) is 0 Å². The number of aliphatic hydroxyl groups is 9. The lowest BCUT2D eigenvalue weighted by Gasteiger charge is -2.48. The quantitative estimate of drug-likeness (QED) is 0.208. The smallest absolute Gasteiger partial charge is 0.186 e. The number of hydrogen-bond donors (Lipinski definition) is 7. The normalized spacial score (nSPS) is 54.8. The van der Waals surface area contributed by atoms with E-state index < -0.39 is 67.3 Å². The van der Waals surface area contributed by atoms with Gasteiger partial charge in [-0.05, 0) is 19.3 Å². The van der Waals surface area contributed by atoms with Crippen LogP contribution in [0.1, 0.15) is 32.1 Å². The minimum atomic E-state index is -1.46. The van der Waals surface area contributed by atoms with Crippen molar-refractivity contribution >= 4 is 0 Å². The summed E-state index contributed by atoms with van der Waals surface area (Å²) in [5, 5.41) is 71.4. The maximum absolute atomic E-state index is 10.6. The summed E-state index contributed by atoms with van der Waals surface area (Å²) in [6.07, 6.45) is -8.85. The van der Waals surface area contributed by atoms with Crippen LogP contribution in [0.2, 0.25) is 0 Å². The van der Waals surface area contributed by atoms with Gasteiger partial charge in [0.05, 0.1) is 36.9 Å². The summed E-state index contributed by atoms with van der Waals surface area (Å²) >= 11 is 0. The van der Waals surface area contributed by atoms with Gasteiger partial charge < -0.3 is 54.7 Å². The van der Waals surface area contributed by atoms with Crippen LogP contribution in [-0.4, -0.2) is 128 Å². The van der Waals surface area contributed by atoms with Crippen molar-refractivity contribution < 1.29 is 54.7 Å². The molecule has 11 heteroatoms. The molecule has 10 unspecified atom stereocenters. The molecule has 186 valence electrons. The highest BCUT2D eigenvalue weighted by Gasteiger charge is 2.55. The maximum Gasteiger partial charge on any atom is 0.186 e. The van der Waals surface area contributed by atoms with Crippen molar-refractivity contribution in [1.29, 1.82) is 0 Å². The first-order chi connectivity index (χ1) is 15.2. The van der Waals surface area contributed by atoms with E-state index in [1.165, 1.54) is 7.11 Å². The zero-order chi connectivity index (χ0) is 23.2. The number of hydrogen-bond acceptors (Lipinski definition) is 10. The molecule has 0 aromatic heterocycles. The number of aliphatic hydroxyl groups excluding tert-OH is 7. The summed E-state index contributed by atoms with van der Waals surface area (Å²) in [4.78, 5) is 0. The first kappa shape index (κ1) is 24.7. The predicted molar refractivity (Wildman–Crippen MR) is 107 cm³/mol. The van der Waals surface area contributed by atoms with Crippen molar-refractivity contribution in [3.8, 4) is 0 Å². The topological polar surface area (TPSA) is 182 Å². The van der Waals surface area contributed by atoms with Gasteiger partial charge in [0.1, 0.15) is 30.5 Å². The Hall–Kier alpha value is -0.440. The molecule has 4 aliphatic rings. The largest absolute Gasteiger partial charge is 0.427 e. The second-order valence-electron chi connectivity index (χ2n) is 9.79.